The number of esters is 1. The van der Waals surface area contributed by atoms with Crippen LogP contribution in [0.2, 0.25) is 0 Å². The van der Waals surface area contributed by atoms with Crippen molar-refractivity contribution < 1.29 is 23.9 Å². The zero-order valence-corrected chi connectivity index (χ0v) is 18.8. The Labute approximate surface area is 194 Å². The van der Waals surface area contributed by atoms with Crippen molar-refractivity contribution in [2.75, 3.05) is 12.4 Å². The van der Waals surface area contributed by atoms with Crippen LogP contribution >= 0.6 is 11.8 Å². The van der Waals surface area contributed by atoms with Crippen LogP contribution in [-0.2, 0) is 25.7 Å². The topological polar surface area (TPSA) is 97.7 Å². The highest BCUT2D eigenvalue weighted by Crippen LogP contribution is 2.35. The van der Waals surface area contributed by atoms with E-state index >= 15 is 0 Å². The van der Waals surface area contributed by atoms with Crippen molar-refractivity contribution in [1.29, 1.82) is 0 Å². The minimum absolute atomic E-state index is 0.0735. The van der Waals surface area contributed by atoms with Crippen LogP contribution in [0, 0.1) is 0 Å². The van der Waals surface area contributed by atoms with Crippen LogP contribution in [0.1, 0.15) is 12.5 Å². The van der Waals surface area contributed by atoms with Crippen LogP contribution < -0.4 is 5.32 Å². The highest BCUT2D eigenvalue weighted by molar-refractivity contribution is 8.18. The van der Waals surface area contributed by atoms with Gasteiger partial charge in [-0.2, -0.15) is 0 Å². The molecule has 0 aliphatic carbocycles. The average Bonchev–Trinajstić information content (AvgIpc) is 3.29. The van der Waals surface area contributed by atoms with Gasteiger partial charge in [0.2, 0.25) is 5.91 Å². The van der Waals surface area contributed by atoms with Crippen LogP contribution in [0.15, 0.2) is 65.7 Å². The van der Waals surface area contributed by atoms with Gasteiger partial charge in [0.1, 0.15) is 12.6 Å². The van der Waals surface area contributed by atoms with Gasteiger partial charge in [0.25, 0.3) is 11.1 Å². The van der Waals surface area contributed by atoms with E-state index in [1.54, 1.807) is 16.8 Å². The molecule has 4 rings (SSSR count). The Morgan fingerprint density at radius 3 is 2.52 bits per heavy atom. The largest absolute Gasteiger partial charge is 0.467 e. The summed E-state index contributed by atoms with van der Waals surface area (Å²) >= 11 is 0.769. The third-order valence-corrected chi connectivity index (χ3v) is 6.11. The number of carbonyl (C=O) groups is 4. The first-order valence-electron chi connectivity index (χ1n) is 10.2. The summed E-state index contributed by atoms with van der Waals surface area (Å²) in [6, 6.07) is 15.6. The highest BCUT2D eigenvalue weighted by Gasteiger charge is 2.41. The molecule has 2 heterocycles. The molecule has 0 saturated carbocycles. The second-order valence-electron chi connectivity index (χ2n) is 7.39. The summed E-state index contributed by atoms with van der Waals surface area (Å²) in [6.07, 6.45) is 3.38. The quantitative estimate of drug-likeness (QED) is 0.440. The lowest BCUT2D eigenvalue weighted by Gasteiger charge is -2.18. The minimum atomic E-state index is -1.02. The molecule has 3 amide bonds. The molecule has 0 unspecified atom stereocenters. The SMILES string of the molecule is COC(=O)[C@H](C)N1C(=O)S/C(=C/c2cn(CC(=O)Nc3ccccc3)c3ccccc23)C1=O. The van der Waals surface area contributed by atoms with Crippen molar-refractivity contribution in [3.8, 4) is 0 Å². The molecule has 1 aliphatic rings. The summed E-state index contributed by atoms with van der Waals surface area (Å²) in [7, 11) is 1.20. The average molecular weight is 464 g/mol. The van der Waals surface area contributed by atoms with Crippen LogP contribution in [0.25, 0.3) is 17.0 Å². The number of amides is 3. The molecule has 8 nitrogen and oxygen atoms in total. The van der Waals surface area contributed by atoms with Gasteiger partial charge < -0.3 is 14.6 Å². The number of carbonyl (C=O) groups excluding carboxylic acids is 4. The molecule has 33 heavy (non-hydrogen) atoms. The maximum Gasteiger partial charge on any atom is 0.328 e. The van der Waals surface area contributed by atoms with Gasteiger partial charge >= 0.3 is 5.97 Å². The number of hydrogen-bond donors (Lipinski definition) is 1. The first kappa shape index (κ1) is 22.3. The Hall–Kier alpha value is -3.85. The van der Waals surface area contributed by atoms with E-state index < -0.39 is 23.2 Å². The summed E-state index contributed by atoms with van der Waals surface area (Å²) < 4.78 is 6.45. The van der Waals surface area contributed by atoms with Gasteiger partial charge in [0.15, 0.2) is 0 Å². The van der Waals surface area contributed by atoms with E-state index in [9.17, 15) is 19.2 Å². The highest BCUT2D eigenvalue weighted by atomic mass is 32.2. The molecule has 1 atom stereocenters. The Kier molecular flexibility index (Phi) is 6.32. The van der Waals surface area contributed by atoms with Crippen molar-refractivity contribution >= 4 is 57.5 Å². The number of aromatic nitrogens is 1. The number of methoxy groups -OCH3 is 1. The van der Waals surface area contributed by atoms with E-state index in [-0.39, 0.29) is 17.4 Å². The maximum atomic E-state index is 12.8. The fourth-order valence-corrected chi connectivity index (χ4v) is 4.53. The number of benzene rings is 2. The van der Waals surface area contributed by atoms with Crippen molar-refractivity contribution in [3.05, 3.63) is 71.3 Å². The van der Waals surface area contributed by atoms with E-state index in [4.69, 9.17) is 0 Å². The number of hydrogen-bond acceptors (Lipinski definition) is 6. The second kappa shape index (κ2) is 9.33. The molecule has 0 radical (unpaired) electrons. The van der Waals surface area contributed by atoms with Crippen molar-refractivity contribution in [3.63, 3.8) is 0 Å². The Morgan fingerprint density at radius 1 is 1.09 bits per heavy atom. The van der Waals surface area contributed by atoms with Crippen LogP contribution in [0.4, 0.5) is 10.5 Å². The second-order valence-corrected chi connectivity index (χ2v) is 8.39. The zero-order valence-electron chi connectivity index (χ0n) is 18.0. The standard InChI is InChI=1S/C24H21N3O5S/c1-15(23(30)32-2)27-22(29)20(33-24(27)31)12-16-13-26(19-11-7-6-10-18(16)19)14-21(28)25-17-8-4-3-5-9-17/h3-13,15H,14H2,1-2H3,(H,25,28)/b20-12+/t15-/m0/s1. The number of fused-ring (bicyclic) bond motifs is 1. The van der Waals surface area contributed by atoms with Gasteiger partial charge in [-0.1, -0.05) is 36.4 Å². The fraction of sp³-hybridized carbons (Fsp3) is 0.167. The van der Waals surface area contributed by atoms with Gasteiger partial charge in [-0.05, 0) is 43.0 Å². The molecule has 1 aromatic heterocycles. The summed E-state index contributed by atoms with van der Waals surface area (Å²) in [4.78, 5) is 50.8. The summed E-state index contributed by atoms with van der Waals surface area (Å²) in [5.74, 6) is -1.41. The van der Waals surface area contributed by atoms with E-state index in [2.05, 4.69) is 10.1 Å². The normalized spacial score (nSPS) is 15.8. The van der Waals surface area contributed by atoms with E-state index in [1.807, 2.05) is 54.6 Å². The maximum absolute atomic E-state index is 12.8. The smallest absolute Gasteiger partial charge is 0.328 e. The zero-order chi connectivity index (χ0) is 23.5. The summed E-state index contributed by atoms with van der Waals surface area (Å²) in [6.45, 7) is 1.52. The Morgan fingerprint density at radius 2 is 1.79 bits per heavy atom. The third kappa shape index (κ3) is 4.54. The number of anilines is 1. The molecule has 168 valence electrons. The molecular formula is C24H21N3O5S. The van der Waals surface area contributed by atoms with Gasteiger partial charge in [0.05, 0.1) is 12.0 Å². The summed E-state index contributed by atoms with van der Waals surface area (Å²) in [5.41, 5.74) is 2.20. The van der Waals surface area contributed by atoms with Crippen LogP contribution in [0.5, 0.6) is 0 Å². The van der Waals surface area contributed by atoms with E-state index in [0.29, 0.717) is 11.3 Å². The molecule has 1 fully saturated rings. The lowest BCUT2D eigenvalue weighted by molar-refractivity contribution is -0.148. The number of imide groups is 1. The molecule has 1 N–H and O–H groups in total. The molecule has 1 aliphatic heterocycles. The number of ether oxygens (including phenoxy) is 1. The number of para-hydroxylation sites is 2. The first-order chi connectivity index (χ1) is 15.9. The van der Waals surface area contributed by atoms with Gasteiger partial charge in [-0.15, -0.1) is 0 Å². The molecule has 0 spiro atoms. The first-order valence-corrected chi connectivity index (χ1v) is 11.0. The molecule has 9 heteroatoms. The number of rotatable bonds is 6. The Bertz CT molecular complexity index is 1280. The van der Waals surface area contributed by atoms with Crippen molar-refractivity contribution in [1.82, 2.24) is 9.47 Å². The fourth-order valence-electron chi connectivity index (χ4n) is 3.63. The third-order valence-electron chi connectivity index (χ3n) is 5.23. The summed E-state index contributed by atoms with van der Waals surface area (Å²) in [5, 5.41) is 3.16. The minimum Gasteiger partial charge on any atom is -0.467 e. The van der Waals surface area contributed by atoms with E-state index in [1.165, 1.54) is 14.0 Å². The van der Waals surface area contributed by atoms with Crippen molar-refractivity contribution in [2.24, 2.45) is 0 Å². The molecule has 1 saturated heterocycles. The lowest BCUT2D eigenvalue weighted by Crippen LogP contribution is -2.42. The predicted octanol–water partition coefficient (Wildman–Crippen LogP) is 3.88. The van der Waals surface area contributed by atoms with Gasteiger partial charge in [-0.25, -0.2) is 4.79 Å². The molecule has 2 aromatic carbocycles. The van der Waals surface area contributed by atoms with Crippen LogP contribution in [-0.4, -0.2) is 45.6 Å². The van der Waals surface area contributed by atoms with Gasteiger partial charge in [-0.3, -0.25) is 19.3 Å². The Balaban J connectivity index is 1.62. The van der Waals surface area contributed by atoms with Crippen molar-refractivity contribution in [2.45, 2.75) is 19.5 Å². The predicted molar refractivity (Wildman–Crippen MR) is 126 cm³/mol. The lowest BCUT2D eigenvalue weighted by atomic mass is 10.1. The number of thioether (sulfide) groups is 1. The van der Waals surface area contributed by atoms with Crippen LogP contribution in [0.3, 0.4) is 0 Å². The van der Waals surface area contributed by atoms with E-state index in [0.717, 1.165) is 27.6 Å². The number of nitrogens with zero attached hydrogens (tertiary/aromatic N) is 2. The van der Waals surface area contributed by atoms with Gasteiger partial charge in [0, 0.05) is 28.4 Å². The molecular weight excluding hydrogens is 442 g/mol. The number of nitrogens with one attached hydrogen (secondary N) is 1. The monoisotopic (exact) mass is 463 g/mol. The molecule has 0 bridgehead atoms. The molecule has 3 aromatic rings.